The van der Waals surface area contributed by atoms with E-state index in [1.807, 2.05) is 17.5 Å². The Balaban J connectivity index is 1.33. The van der Waals surface area contributed by atoms with Crippen molar-refractivity contribution in [3.05, 3.63) is 112 Å². The fraction of sp³-hybridized carbons (Fsp3) is 0.111. The van der Waals surface area contributed by atoms with Crippen molar-refractivity contribution < 1.29 is 18.7 Å². The summed E-state index contributed by atoms with van der Waals surface area (Å²) in [6.45, 7) is 0.0552. The van der Waals surface area contributed by atoms with Crippen LogP contribution in [0.15, 0.2) is 90.3 Å². The molecular formula is C27H24FN3O3S. The molecule has 3 N–H and O–H groups in total. The molecule has 35 heavy (non-hydrogen) atoms. The zero-order valence-corrected chi connectivity index (χ0v) is 19.8. The molecule has 0 aliphatic heterocycles. The molecule has 0 bridgehead atoms. The third-order valence-electron chi connectivity index (χ3n) is 5.28. The molecule has 0 saturated heterocycles. The maximum absolute atomic E-state index is 13.4. The van der Waals surface area contributed by atoms with Crippen molar-refractivity contribution in [3.63, 3.8) is 0 Å². The van der Waals surface area contributed by atoms with Crippen molar-refractivity contribution in [3.8, 4) is 5.75 Å². The van der Waals surface area contributed by atoms with E-state index in [9.17, 15) is 14.0 Å². The van der Waals surface area contributed by atoms with Crippen molar-refractivity contribution in [2.45, 2.75) is 6.04 Å². The first-order chi connectivity index (χ1) is 17.0. The Hall–Kier alpha value is -4.01. The Labute approximate surface area is 206 Å². The highest BCUT2D eigenvalue weighted by atomic mass is 32.1. The van der Waals surface area contributed by atoms with Crippen LogP contribution in [0.5, 0.6) is 5.75 Å². The van der Waals surface area contributed by atoms with Crippen LogP contribution in [0, 0.1) is 5.82 Å². The molecule has 4 rings (SSSR count). The second-order valence-corrected chi connectivity index (χ2v) is 8.67. The lowest BCUT2D eigenvalue weighted by Crippen LogP contribution is -2.31. The number of hydrogen-bond acceptors (Lipinski definition) is 5. The van der Waals surface area contributed by atoms with Crippen LogP contribution >= 0.6 is 11.3 Å². The van der Waals surface area contributed by atoms with Gasteiger partial charge in [-0.3, -0.25) is 14.9 Å². The summed E-state index contributed by atoms with van der Waals surface area (Å²) in [5.74, 6) is -0.0913. The summed E-state index contributed by atoms with van der Waals surface area (Å²) in [6.07, 6.45) is 0. The summed E-state index contributed by atoms with van der Waals surface area (Å²) in [4.78, 5) is 26.1. The zero-order valence-electron chi connectivity index (χ0n) is 19.0. The number of hydrogen-bond donors (Lipinski definition) is 3. The average Bonchev–Trinajstić information content (AvgIpc) is 3.41. The van der Waals surface area contributed by atoms with Crippen molar-refractivity contribution in [2.75, 3.05) is 24.3 Å². The molecule has 1 heterocycles. The third kappa shape index (κ3) is 6.53. The molecule has 4 aromatic rings. The summed E-state index contributed by atoms with van der Waals surface area (Å²) in [7, 11) is 1.58. The standard InChI is InChI=1S/C27H24FN3O3S/c1-34-23-14-12-22(13-15-23)31-27(33)19-6-10-21(11-7-19)30-25(32)17-29-26(24-3-2-16-35-24)18-4-8-20(28)9-5-18/h2-16,26,29H,17H2,1H3,(H,30,32)(H,31,33). The van der Waals surface area contributed by atoms with Gasteiger partial charge in [0.15, 0.2) is 0 Å². The molecule has 0 spiro atoms. The van der Waals surface area contributed by atoms with Gasteiger partial charge in [0.05, 0.1) is 19.7 Å². The summed E-state index contributed by atoms with van der Waals surface area (Å²) in [5.41, 5.74) is 2.56. The molecule has 178 valence electrons. The van der Waals surface area contributed by atoms with Crippen LogP contribution < -0.4 is 20.7 Å². The van der Waals surface area contributed by atoms with Crippen molar-refractivity contribution in [1.29, 1.82) is 0 Å². The third-order valence-corrected chi connectivity index (χ3v) is 6.21. The number of rotatable bonds is 9. The fourth-order valence-corrected chi connectivity index (χ4v) is 4.30. The highest BCUT2D eigenvalue weighted by Crippen LogP contribution is 2.26. The summed E-state index contributed by atoms with van der Waals surface area (Å²) < 4.78 is 18.5. The summed E-state index contributed by atoms with van der Waals surface area (Å²) in [5, 5.41) is 10.9. The first kappa shape index (κ1) is 24.1. The van der Waals surface area contributed by atoms with E-state index in [0.29, 0.717) is 22.7 Å². The molecule has 1 atom stereocenters. The minimum Gasteiger partial charge on any atom is -0.497 e. The van der Waals surface area contributed by atoms with E-state index >= 15 is 0 Å². The molecular weight excluding hydrogens is 465 g/mol. The van der Waals surface area contributed by atoms with Gasteiger partial charge in [0.25, 0.3) is 5.91 Å². The Morgan fingerprint density at radius 3 is 2.17 bits per heavy atom. The first-order valence-electron chi connectivity index (χ1n) is 10.9. The monoisotopic (exact) mass is 489 g/mol. The fourth-order valence-electron chi connectivity index (χ4n) is 3.48. The van der Waals surface area contributed by atoms with Gasteiger partial charge in [-0.1, -0.05) is 18.2 Å². The van der Waals surface area contributed by atoms with Crippen LogP contribution in [0.25, 0.3) is 0 Å². The molecule has 3 aromatic carbocycles. The number of ether oxygens (including phenoxy) is 1. The number of carbonyl (C=O) groups is 2. The smallest absolute Gasteiger partial charge is 0.255 e. The van der Waals surface area contributed by atoms with E-state index in [2.05, 4.69) is 16.0 Å². The molecule has 0 aliphatic rings. The van der Waals surface area contributed by atoms with Gasteiger partial charge in [0, 0.05) is 21.8 Å². The SMILES string of the molecule is COc1ccc(NC(=O)c2ccc(NC(=O)CNC(c3ccc(F)cc3)c3cccs3)cc2)cc1. The zero-order chi connectivity index (χ0) is 24.6. The van der Waals surface area contributed by atoms with Gasteiger partial charge in [-0.15, -0.1) is 11.3 Å². The first-order valence-corrected chi connectivity index (χ1v) is 11.8. The average molecular weight is 490 g/mol. The number of thiophene rings is 1. The van der Waals surface area contributed by atoms with Crippen molar-refractivity contribution >= 4 is 34.5 Å². The predicted molar refractivity (Wildman–Crippen MR) is 137 cm³/mol. The highest BCUT2D eigenvalue weighted by Gasteiger charge is 2.16. The predicted octanol–water partition coefficient (Wildman–Crippen LogP) is 5.47. The van der Waals surface area contributed by atoms with Gasteiger partial charge >= 0.3 is 0 Å². The number of amides is 2. The Bertz CT molecular complexity index is 1260. The van der Waals surface area contributed by atoms with Crippen molar-refractivity contribution in [2.24, 2.45) is 0 Å². The molecule has 1 aromatic heterocycles. The van der Waals surface area contributed by atoms with Gasteiger partial charge in [0.2, 0.25) is 5.91 Å². The summed E-state index contributed by atoms with van der Waals surface area (Å²) >= 11 is 1.56. The molecule has 1 unspecified atom stereocenters. The molecule has 0 saturated carbocycles. The normalized spacial score (nSPS) is 11.5. The van der Waals surface area contributed by atoms with Gasteiger partial charge in [-0.25, -0.2) is 4.39 Å². The molecule has 0 fully saturated rings. The highest BCUT2D eigenvalue weighted by molar-refractivity contribution is 7.10. The quantitative estimate of drug-likeness (QED) is 0.292. The minimum atomic E-state index is -0.308. The topological polar surface area (TPSA) is 79.5 Å². The van der Waals surface area contributed by atoms with Crippen LogP contribution in [0.1, 0.15) is 26.8 Å². The summed E-state index contributed by atoms with van der Waals surface area (Å²) in [6, 6.07) is 23.6. The second kappa shape index (κ2) is 11.4. The van der Waals surface area contributed by atoms with E-state index in [1.165, 1.54) is 12.1 Å². The number of anilines is 2. The van der Waals surface area contributed by atoms with Gasteiger partial charge in [0.1, 0.15) is 11.6 Å². The number of nitrogens with one attached hydrogen (secondary N) is 3. The number of benzene rings is 3. The molecule has 0 radical (unpaired) electrons. The molecule has 6 nitrogen and oxygen atoms in total. The van der Waals surface area contributed by atoms with E-state index in [1.54, 1.807) is 79.1 Å². The van der Waals surface area contributed by atoms with Crippen molar-refractivity contribution in [1.82, 2.24) is 5.32 Å². The van der Waals surface area contributed by atoms with Crippen LogP contribution in [0.4, 0.5) is 15.8 Å². The lowest BCUT2D eigenvalue weighted by atomic mass is 10.1. The van der Waals surface area contributed by atoms with E-state index < -0.39 is 0 Å². The van der Waals surface area contributed by atoms with Gasteiger partial charge in [-0.05, 0) is 77.7 Å². The largest absolute Gasteiger partial charge is 0.497 e. The Morgan fingerprint density at radius 1 is 0.886 bits per heavy atom. The maximum atomic E-state index is 13.4. The Morgan fingerprint density at radius 2 is 1.54 bits per heavy atom. The maximum Gasteiger partial charge on any atom is 0.255 e. The van der Waals surface area contributed by atoms with E-state index in [-0.39, 0.29) is 30.2 Å². The van der Waals surface area contributed by atoms with Crippen LogP contribution in [-0.2, 0) is 4.79 Å². The molecule has 0 aliphatic carbocycles. The lowest BCUT2D eigenvalue weighted by Gasteiger charge is -2.18. The lowest BCUT2D eigenvalue weighted by molar-refractivity contribution is -0.115. The number of halogens is 1. The molecule has 8 heteroatoms. The van der Waals surface area contributed by atoms with Gasteiger partial charge < -0.3 is 15.4 Å². The Kier molecular flexibility index (Phi) is 7.87. The van der Waals surface area contributed by atoms with Crippen LogP contribution in [0.2, 0.25) is 0 Å². The number of carbonyl (C=O) groups excluding carboxylic acids is 2. The van der Waals surface area contributed by atoms with Gasteiger partial charge in [-0.2, -0.15) is 0 Å². The molecule has 2 amide bonds. The van der Waals surface area contributed by atoms with E-state index in [4.69, 9.17) is 4.74 Å². The van der Waals surface area contributed by atoms with Crippen LogP contribution in [0.3, 0.4) is 0 Å². The van der Waals surface area contributed by atoms with Crippen LogP contribution in [-0.4, -0.2) is 25.5 Å². The minimum absolute atomic E-state index is 0.0552. The number of methoxy groups -OCH3 is 1. The second-order valence-electron chi connectivity index (χ2n) is 7.69. The van der Waals surface area contributed by atoms with E-state index in [0.717, 1.165) is 10.4 Å².